The predicted molar refractivity (Wildman–Crippen MR) is 151 cm³/mol. The topological polar surface area (TPSA) is 106 Å². The summed E-state index contributed by atoms with van der Waals surface area (Å²) in [6, 6.07) is 13.6. The lowest BCUT2D eigenvalue weighted by atomic mass is 9.83. The van der Waals surface area contributed by atoms with Crippen LogP contribution in [-0.4, -0.2) is 40.7 Å². The number of nitrogens with one attached hydrogen (secondary N) is 1. The van der Waals surface area contributed by atoms with Crippen LogP contribution in [0.2, 0.25) is 0 Å². The minimum absolute atomic E-state index is 0.0118. The van der Waals surface area contributed by atoms with Crippen LogP contribution >= 0.6 is 0 Å². The van der Waals surface area contributed by atoms with E-state index in [2.05, 4.69) is 10.3 Å². The van der Waals surface area contributed by atoms with Crippen LogP contribution in [-0.2, 0) is 26.3 Å². The Balaban J connectivity index is 1.51. The summed E-state index contributed by atoms with van der Waals surface area (Å²) in [6.45, 7) is 1.89. The van der Waals surface area contributed by atoms with Gasteiger partial charge >= 0.3 is 0 Å². The van der Waals surface area contributed by atoms with Gasteiger partial charge in [-0.1, -0.05) is 24.3 Å². The molecule has 3 aromatic rings. The zero-order chi connectivity index (χ0) is 30.5. The fourth-order valence-electron chi connectivity index (χ4n) is 6.62. The van der Waals surface area contributed by atoms with Crippen LogP contribution in [0.1, 0.15) is 54.4 Å². The Morgan fingerprint density at radius 1 is 1.12 bits per heavy atom. The second-order valence-corrected chi connectivity index (χ2v) is 11.4. The van der Waals surface area contributed by atoms with Crippen molar-refractivity contribution in [3.8, 4) is 6.07 Å². The number of fused-ring (bicyclic) bond motifs is 1. The first-order chi connectivity index (χ1) is 20.5. The molecule has 3 aliphatic rings. The van der Waals surface area contributed by atoms with Gasteiger partial charge in [0, 0.05) is 37.2 Å². The minimum Gasteiger partial charge on any atom is -0.351 e. The van der Waals surface area contributed by atoms with Gasteiger partial charge in [0.2, 0.25) is 5.91 Å². The third-order valence-electron chi connectivity index (χ3n) is 8.68. The van der Waals surface area contributed by atoms with E-state index in [0.29, 0.717) is 12.0 Å². The van der Waals surface area contributed by atoms with Crippen molar-refractivity contribution in [1.29, 1.82) is 5.26 Å². The Morgan fingerprint density at radius 3 is 2.60 bits per heavy atom. The Kier molecular flexibility index (Phi) is 6.95. The number of pyridine rings is 1. The van der Waals surface area contributed by atoms with Gasteiger partial charge in [-0.25, -0.2) is 18.2 Å². The van der Waals surface area contributed by atoms with Crippen LogP contribution in [0.5, 0.6) is 0 Å². The number of alkyl halides is 2. The van der Waals surface area contributed by atoms with E-state index < -0.39 is 59.9 Å². The molecule has 3 amide bonds. The molecule has 0 unspecified atom stereocenters. The molecule has 2 atom stereocenters. The maximum absolute atomic E-state index is 14.8. The average Bonchev–Trinajstić information content (AvgIpc) is 3.54. The summed E-state index contributed by atoms with van der Waals surface area (Å²) in [5.74, 6) is -5.10. The number of carbonyl (C=O) groups is 3. The summed E-state index contributed by atoms with van der Waals surface area (Å²) >= 11 is 0. The molecule has 0 radical (unpaired) electrons. The van der Waals surface area contributed by atoms with Crippen molar-refractivity contribution in [2.24, 2.45) is 0 Å². The zero-order valence-corrected chi connectivity index (χ0v) is 23.3. The van der Waals surface area contributed by atoms with E-state index in [4.69, 9.17) is 0 Å². The molecular formula is C32H28F3N5O3. The summed E-state index contributed by atoms with van der Waals surface area (Å²) in [5.41, 5.74) is 0.876. The van der Waals surface area contributed by atoms with Crippen LogP contribution in [0.3, 0.4) is 0 Å². The summed E-state index contributed by atoms with van der Waals surface area (Å²) in [7, 11) is 0. The van der Waals surface area contributed by atoms with Crippen molar-refractivity contribution >= 4 is 29.2 Å². The number of hydrogen-bond acceptors (Lipinski definition) is 5. The standard InChI is InChI=1S/C32H28F3N5O3/c1-19-4-2-7-25-24(19)10-12-32(25,30(43)38-22-16-31(34,35)17-22)40(23-6-3-5-21(33)15-23)29(42)26-8-9-28(41)39(26)27-14-20(18-36)11-13-37-27/h2-7,11,13-15,22,26H,8-10,12,16-17H2,1H3,(H,38,43)/t26-,32+/m0/s1. The summed E-state index contributed by atoms with van der Waals surface area (Å²) in [5, 5.41) is 12.2. The van der Waals surface area contributed by atoms with Crippen LogP contribution in [0, 0.1) is 24.1 Å². The van der Waals surface area contributed by atoms with Crippen molar-refractivity contribution in [1.82, 2.24) is 10.3 Å². The molecule has 2 aromatic carbocycles. The molecular weight excluding hydrogens is 559 g/mol. The van der Waals surface area contributed by atoms with E-state index in [1.807, 2.05) is 19.1 Å². The quantitative estimate of drug-likeness (QED) is 0.451. The third kappa shape index (κ3) is 4.80. The van der Waals surface area contributed by atoms with Crippen LogP contribution in [0.4, 0.5) is 24.7 Å². The van der Waals surface area contributed by atoms with Crippen molar-refractivity contribution in [2.45, 2.75) is 69.0 Å². The predicted octanol–water partition coefficient (Wildman–Crippen LogP) is 4.69. The van der Waals surface area contributed by atoms with Crippen LogP contribution < -0.4 is 15.1 Å². The SMILES string of the molecule is Cc1cccc2c1CC[C@@]2(C(=O)NC1CC(F)(F)C1)N(C(=O)[C@@H]1CCC(=O)N1c1cc(C#N)ccn1)c1cccc(F)c1. The smallest absolute Gasteiger partial charge is 0.252 e. The second-order valence-electron chi connectivity index (χ2n) is 11.4. The van der Waals surface area contributed by atoms with Gasteiger partial charge in [0.05, 0.1) is 11.6 Å². The van der Waals surface area contributed by atoms with Crippen molar-refractivity contribution in [2.75, 3.05) is 9.80 Å². The van der Waals surface area contributed by atoms with Gasteiger partial charge in [-0.05, 0) is 73.2 Å². The minimum atomic E-state index is -2.89. The number of anilines is 2. The molecule has 220 valence electrons. The first-order valence-corrected chi connectivity index (χ1v) is 14.1. The average molecular weight is 588 g/mol. The third-order valence-corrected chi connectivity index (χ3v) is 8.68. The van der Waals surface area contributed by atoms with Gasteiger partial charge in [0.25, 0.3) is 17.7 Å². The van der Waals surface area contributed by atoms with E-state index in [9.17, 15) is 32.8 Å². The van der Waals surface area contributed by atoms with Gasteiger partial charge in [0.1, 0.15) is 17.7 Å². The molecule has 0 bridgehead atoms. The molecule has 2 fully saturated rings. The fourth-order valence-corrected chi connectivity index (χ4v) is 6.62. The van der Waals surface area contributed by atoms with E-state index in [0.717, 1.165) is 17.2 Å². The van der Waals surface area contributed by atoms with Gasteiger partial charge in [-0.3, -0.25) is 24.2 Å². The summed E-state index contributed by atoms with van der Waals surface area (Å²) in [4.78, 5) is 49.1. The van der Waals surface area contributed by atoms with Crippen molar-refractivity contribution in [3.63, 3.8) is 0 Å². The highest BCUT2D eigenvalue weighted by atomic mass is 19.3. The number of benzene rings is 2. The van der Waals surface area contributed by atoms with E-state index in [1.54, 1.807) is 12.1 Å². The van der Waals surface area contributed by atoms with E-state index in [-0.39, 0.29) is 36.3 Å². The van der Waals surface area contributed by atoms with Crippen molar-refractivity contribution < 1.29 is 27.6 Å². The lowest BCUT2D eigenvalue weighted by Gasteiger charge is -2.45. The molecule has 1 saturated heterocycles. The molecule has 1 N–H and O–H groups in total. The molecule has 2 aliphatic carbocycles. The maximum Gasteiger partial charge on any atom is 0.252 e. The first-order valence-electron chi connectivity index (χ1n) is 14.1. The number of rotatable bonds is 6. The molecule has 2 heterocycles. The zero-order valence-electron chi connectivity index (χ0n) is 23.3. The number of hydrogen-bond donors (Lipinski definition) is 1. The Morgan fingerprint density at radius 2 is 1.88 bits per heavy atom. The highest BCUT2D eigenvalue weighted by Crippen LogP contribution is 2.47. The fraction of sp³-hybridized carbons (Fsp3) is 0.344. The van der Waals surface area contributed by atoms with E-state index >= 15 is 0 Å². The molecule has 1 saturated carbocycles. The highest BCUT2D eigenvalue weighted by Gasteiger charge is 2.57. The number of nitrogens with zero attached hydrogens (tertiary/aromatic N) is 4. The Bertz CT molecular complexity index is 1680. The Hall–Kier alpha value is -4.72. The number of halogens is 3. The summed E-state index contributed by atoms with van der Waals surface area (Å²) < 4.78 is 42.3. The second kappa shape index (κ2) is 10.5. The first kappa shape index (κ1) is 28.4. The highest BCUT2D eigenvalue weighted by molar-refractivity contribution is 6.12. The molecule has 43 heavy (non-hydrogen) atoms. The number of aryl methyl sites for hydroxylation is 1. The van der Waals surface area contributed by atoms with Crippen molar-refractivity contribution in [3.05, 3.63) is 88.9 Å². The van der Waals surface area contributed by atoms with E-state index in [1.165, 1.54) is 46.3 Å². The molecule has 0 spiro atoms. The molecule has 1 aliphatic heterocycles. The molecule has 11 heteroatoms. The monoisotopic (exact) mass is 587 g/mol. The van der Waals surface area contributed by atoms with Crippen LogP contribution in [0.25, 0.3) is 0 Å². The lowest BCUT2D eigenvalue weighted by Crippen LogP contribution is -2.64. The summed E-state index contributed by atoms with van der Waals surface area (Å²) in [6.07, 6.45) is 0.962. The maximum atomic E-state index is 14.8. The number of carbonyl (C=O) groups excluding carboxylic acids is 3. The van der Waals surface area contributed by atoms with Gasteiger partial charge in [-0.2, -0.15) is 5.26 Å². The van der Waals surface area contributed by atoms with Gasteiger partial charge < -0.3 is 5.32 Å². The molecule has 8 nitrogen and oxygen atoms in total. The largest absolute Gasteiger partial charge is 0.351 e. The van der Waals surface area contributed by atoms with Crippen LogP contribution in [0.15, 0.2) is 60.8 Å². The Labute approximate surface area is 246 Å². The normalized spacial score (nSPS) is 22.4. The number of aromatic nitrogens is 1. The van der Waals surface area contributed by atoms with Gasteiger partial charge in [-0.15, -0.1) is 0 Å². The number of amides is 3. The van der Waals surface area contributed by atoms with Gasteiger partial charge in [0.15, 0.2) is 5.54 Å². The number of nitriles is 1. The lowest BCUT2D eigenvalue weighted by molar-refractivity contribution is -0.137. The molecule has 6 rings (SSSR count). The molecule has 1 aromatic heterocycles.